The van der Waals surface area contributed by atoms with Crippen LogP contribution in [0, 0.1) is 0 Å². The third kappa shape index (κ3) is 4.21. The Morgan fingerprint density at radius 3 is 2.62 bits per heavy atom. The molecule has 3 aromatic carbocycles. The zero-order chi connectivity index (χ0) is 20.2. The van der Waals surface area contributed by atoms with Crippen molar-refractivity contribution in [1.82, 2.24) is 0 Å². The van der Waals surface area contributed by atoms with E-state index in [4.69, 9.17) is 9.15 Å². The lowest BCUT2D eigenvalue weighted by molar-refractivity contribution is 0.0921. The van der Waals surface area contributed by atoms with Crippen molar-refractivity contribution in [2.24, 2.45) is 0 Å². The number of rotatable bonds is 7. The van der Waals surface area contributed by atoms with E-state index in [1.807, 2.05) is 54.6 Å². The molecule has 1 aromatic heterocycles. The van der Waals surface area contributed by atoms with Gasteiger partial charge < -0.3 is 9.15 Å². The first-order valence-electron chi connectivity index (χ1n) is 9.85. The van der Waals surface area contributed by atoms with Crippen molar-refractivity contribution in [3.05, 3.63) is 88.3 Å². The molecule has 0 saturated carbocycles. The lowest BCUT2D eigenvalue weighted by atomic mass is 10.0. The summed E-state index contributed by atoms with van der Waals surface area (Å²) < 4.78 is 11.0. The molecule has 0 bridgehead atoms. The Morgan fingerprint density at radius 1 is 0.966 bits per heavy atom. The quantitative estimate of drug-likeness (QED) is 0.309. The van der Waals surface area contributed by atoms with E-state index in [1.165, 1.54) is 0 Å². The number of unbranched alkanes of at least 4 members (excludes halogenated alkanes) is 1. The number of hydrogen-bond donors (Lipinski definition) is 0. The van der Waals surface area contributed by atoms with Crippen LogP contribution in [0.5, 0.6) is 5.75 Å². The van der Waals surface area contributed by atoms with Crippen molar-refractivity contribution in [2.75, 3.05) is 6.61 Å². The molecule has 0 radical (unpaired) electrons. The highest BCUT2D eigenvalue weighted by atomic mass is 16.5. The second-order valence-electron chi connectivity index (χ2n) is 7.13. The van der Waals surface area contributed by atoms with Gasteiger partial charge in [0.2, 0.25) is 0 Å². The second-order valence-corrected chi connectivity index (χ2v) is 7.13. The first-order chi connectivity index (χ1) is 14.1. The van der Waals surface area contributed by atoms with Crippen LogP contribution < -0.4 is 10.4 Å². The van der Waals surface area contributed by atoms with Gasteiger partial charge in [0.15, 0.2) is 12.4 Å². The van der Waals surface area contributed by atoms with Gasteiger partial charge in [-0.2, -0.15) is 0 Å². The van der Waals surface area contributed by atoms with E-state index in [1.54, 1.807) is 12.1 Å². The highest BCUT2D eigenvalue weighted by Crippen LogP contribution is 2.24. The van der Waals surface area contributed by atoms with Crippen LogP contribution in [-0.2, 0) is 6.42 Å². The second kappa shape index (κ2) is 8.31. The standard InChI is InChI=1S/C25H22O4/c1-2-3-6-19-14-25(27)29-24-15-21(11-12-22(19)24)28-16-23(26)20-10-9-17-7-4-5-8-18(17)13-20/h4-5,7-15H,2-3,6,16H2,1H3. The predicted molar refractivity (Wildman–Crippen MR) is 115 cm³/mol. The first kappa shape index (κ1) is 18.9. The molecule has 0 N–H and O–H groups in total. The summed E-state index contributed by atoms with van der Waals surface area (Å²) in [5, 5.41) is 3.02. The zero-order valence-corrected chi connectivity index (χ0v) is 16.3. The maximum absolute atomic E-state index is 12.6. The van der Waals surface area contributed by atoms with Crippen LogP contribution in [0.3, 0.4) is 0 Å². The summed E-state index contributed by atoms with van der Waals surface area (Å²) >= 11 is 0. The number of ether oxygens (including phenoxy) is 1. The number of benzene rings is 3. The summed E-state index contributed by atoms with van der Waals surface area (Å²) in [6, 6.07) is 20.5. The Balaban J connectivity index is 1.52. The summed E-state index contributed by atoms with van der Waals surface area (Å²) in [6.45, 7) is 2.04. The number of carbonyl (C=O) groups excluding carboxylic acids is 1. The molecule has 146 valence electrons. The van der Waals surface area contributed by atoms with Gasteiger partial charge in [0.05, 0.1) is 0 Å². The molecule has 0 saturated heterocycles. The van der Waals surface area contributed by atoms with Crippen molar-refractivity contribution < 1.29 is 13.9 Å². The van der Waals surface area contributed by atoms with Gasteiger partial charge in [0.1, 0.15) is 11.3 Å². The molecule has 0 aliphatic carbocycles. The van der Waals surface area contributed by atoms with Crippen LogP contribution in [0.1, 0.15) is 35.7 Å². The largest absolute Gasteiger partial charge is 0.485 e. The van der Waals surface area contributed by atoms with Crippen molar-refractivity contribution in [3.8, 4) is 5.75 Å². The lowest BCUT2D eigenvalue weighted by Crippen LogP contribution is -2.11. The lowest BCUT2D eigenvalue weighted by Gasteiger charge is -2.09. The van der Waals surface area contributed by atoms with Crippen molar-refractivity contribution in [2.45, 2.75) is 26.2 Å². The highest BCUT2D eigenvalue weighted by Gasteiger charge is 2.10. The minimum Gasteiger partial charge on any atom is -0.485 e. The van der Waals surface area contributed by atoms with Gasteiger partial charge in [-0.15, -0.1) is 0 Å². The van der Waals surface area contributed by atoms with Gasteiger partial charge in [-0.25, -0.2) is 4.79 Å². The van der Waals surface area contributed by atoms with Gasteiger partial charge in [0.25, 0.3) is 0 Å². The molecule has 4 aromatic rings. The molecular weight excluding hydrogens is 364 g/mol. The van der Waals surface area contributed by atoms with Gasteiger partial charge in [0, 0.05) is 23.1 Å². The van der Waals surface area contributed by atoms with Crippen LogP contribution in [0.25, 0.3) is 21.7 Å². The fourth-order valence-electron chi connectivity index (χ4n) is 3.47. The zero-order valence-electron chi connectivity index (χ0n) is 16.3. The summed E-state index contributed by atoms with van der Waals surface area (Å²) in [7, 11) is 0. The molecule has 0 spiro atoms. The predicted octanol–water partition coefficient (Wildman–Crippen LogP) is 5.55. The Bertz CT molecular complexity index is 1240. The van der Waals surface area contributed by atoms with E-state index in [2.05, 4.69) is 6.92 Å². The molecule has 1 heterocycles. The van der Waals surface area contributed by atoms with Crippen LogP contribution in [0.2, 0.25) is 0 Å². The summed E-state index contributed by atoms with van der Waals surface area (Å²) in [5.41, 5.74) is 1.71. The number of ketones is 1. The van der Waals surface area contributed by atoms with E-state index in [0.29, 0.717) is 16.9 Å². The van der Waals surface area contributed by atoms with Gasteiger partial charge in [-0.05, 0) is 47.4 Å². The molecule has 0 fully saturated rings. The van der Waals surface area contributed by atoms with E-state index in [9.17, 15) is 9.59 Å². The summed E-state index contributed by atoms with van der Waals surface area (Å²) in [6.07, 6.45) is 2.90. The molecule has 4 heteroatoms. The van der Waals surface area contributed by atoms with Gasteiger partial charge in [-0.3, -0.25) is 4.79 Å². The third-order valence-electron chi connectivity index (χ3n) is 5.04. The molecule has 0 atom stereocenters. The molecule has 0 unspecified atom stereocenters. The average molecular weight is 386 g/mol. The molecule has 0 aliphatic rings. The Kier molecular flexibility index (Phi) is 5.43. The molecule has 0 amide bonds. The van der Waals surface area contributed by atoms with E-state index in [0.717, 1.165) is 41.0 Å². The molecule has 29 heavy (non-hydrogen) atoms. The fourth-order valence-corrected chi connectivity index (χ4v) is 3.47. The van der Waals surface area contributed by atoms with E-state index in [-0.39, 0.29) is 18.0 Å². The van der Waals surface area contributed by atoms with E-state index < -0.39 is 0 Å². The minimum absolute atomic E-state index is 0.0798. The summed E-state index contributed by atoms with van der Waals surface area (Å²) in [5.74, 6) is 0.399. The third-order valence-corrected chi connectivity index (χ3v) is 5.04. The Labute approximate surface area is 168 Å². The molecular formula is C25H22O4. The number of hydrogen-bond acceptors (Lipinski definition) is 4. The molecule has 4 nitrogen and oxygen atoms in total. The molecule has 0 aliphatic heterocycles. The average Bonchev–Trinajstić information content (AvgIpc) is 2.75. The SMILES string of the molecule is CCCCc1cc(=O)oc2cc(OCC(=O)c3ccc4ccccc4c3)ccc12. The number of aryl methyl sites for hydroxylation is 1. The Hall–Kier alpha value is -3.40. The van der Waals surface area contributed by atoms with Crippen molar-refractivity contribution in [3.63, 3.8) is 0 Å². The first-order valence-corrected chi connectivity index (χ1v) is 9.85. The highest BCUT2D eigenvalue weighted by molar-refractivity contribution is 6.00. The topological polar surface area (TPSA) is 56.5 Å². The fraction of sp³-hybridized carbons (Fsp3) is 0.200. The van der Waals surface area contributed by atoms with E-state index >= 15 is 0 Å². The van der Waals surface area contributed by atoms with Crippen LogP contribution in [0.15, 0.2) is 75.9 Å². The Morgan fingerprint density at radius 2 is 1.79 bits per heavy atom. The summed E-state index contributed by atoms with van der Waals surface area (Å²) in [4.78, 5) is 24.4. The van der Waals surface area contributed by atoms with Crippen molar-refractivity contribution >= 4 is 27.5 Å². The van der Waals surface area contributed by atoms with Gasteiger partial charge >= 0.3 is 5.63 Å². The maximum Gasteiger partial charge on any atom is 0.336 e. The maximum atomic E-state index is 12.6. The molecule has 4 rings (SSSR count). The van der Waals surface area contributed by atoms with Crippen LogP contribution in [-0.4, -0.2) is 12.4 Å². The number of fused-ring (bicyclic) bond motifs is 2. The van der Waals surface area contributed by atoms with Crippen LogP contribution >= 0.6 is 0 Å². The number of carbonyl (C=O) groups is 1. The minimum atomic E-state index is -0.368. The van der Waals surface area contributed by atoms with Gasteiger partial charge in [-0.1, -0.05) is 49.7 Å². The smallest absolute Gasteiger partial charge is 0.336 e. The van der Waals surface area contributed by atoms with Crippen LogP contribution in [0.4, 0.5) is 0 Å². The normalized spacial score (nSPS) is 11.1. The monoisotopic (exact) mass is 386 g/mol. The number of Topliss-reactive ketones (excluding diaryl/α,β-unsaturated/α-hetero) is 1. The van der Waals surface area contributed by atoms with Crippen molar-refractivity contribution in [1.29, 1.82) is 0 Å².